The summed E-state index contributed by atoms with van der Waals surface area (Å²) in [7, 11) is 0. The Morgan fingerprint density at radius 1 is 1.40 bits per heavy atom. The number of hydrogen-bond acceptors (Lipinski definition) is 4. The van der Waals surface area contributed by atoms with Crippen molar-refractivity contribution in [2.24, 2.45) is 22.4 Å². The van der Waals surface area contributed by atoms with Gasteiger partial charge in [0.15, 0.2) is 5.17 Å². The third kappa shape index (κ3) is 3.51. The predicted octanol–water partition coefficient (Wildman–Crippen LogP) is 0.207. The Labute approximate surface area is 91.7 Å². The molecular weight excluding hydrogens is 212 g/mol. The van der Waals surface area contributed by atoms with Crippen molar-refractivity contribution >= 4 is 22.8 Å². The molecule has 1 amide bonds. The van der Waals surface area contributed by atoms with Crippen LogP contribution < -0.4 is 17.3 Å². The lowest BCUT2D eigenvalue weighted by atomic mass is 10.1. The van der Waals surface area contributed by atoms with Gasteiger partial charge in [-0.2, -0.15) is 5.10 Å². The first kappa shape index (κ1) is 11.4. The van der Waals surface area contributed by atoms with Gasteiger partial charge in [0, 0.05) is 11.3 Å². The summed E-state index contributed by atoms with van der Waals surface area (Å²) in [6.45, 7) is 0. The van der Waals surface area contributed by atoms with E-state index in [9.17, 15) is 4.79 Å². The Balaban J connectivity index is 2.70. The van der Waals surface area contributed by atoms with Gasteiger partial charge in [0.25, 0.3) is 0 Å². The fourth-order valence-corrected chi connectivity index (χ4v) is 1.58. The molecule has 0 bridgehead atoms. The quantitative estimate of drug-likeness (QED) is 0.295. The van der Waals surface area contributed by atoms with Crippen molar-refractivity contribution in [2.75, 3.05) is 0 Å². The van der Waals surface area contributed by atoms with E-state index in [-0.39, 0.29) is 0 Å². The molecule has 0 unspecified atom stereocenters. The van der Waals surface area contributed by atoms with Crippen molar-refractivity contribution in [1.82, 2.24) is 0 Å². The Bertz CT molecular complexity index is 391. The number of amidine groups is 1. The summed E-state index contributed by atoms with van der Waals surface area (Å²) in [5.74, 6) is 5.14. The van der Waals surface area contributed by atoms with E-state index in [0.717, 1.165) is 5.56 Å². The van der Waals surface area contributed by atoms with Crippen molar-refractivity contribution < 1.29 is 4.79 Å². The molecule has 6 N–H and O–H groups in total. The minimum absolute atomic E-state index is 0.305. The van der Waals surface area contributed by atoms with Crippen LogP contribution in [0.25, 0.3) is 0 Å². The number of primary amides is 1. The highest BCUT2D eigenvalue weighted by Gasteiger charge is 2.02. The zero-order valence-electron chi connectivity index (χ0n) is 8.01. The van der Waals surface area contributed by atoms with Gasteiger partial charge in [-0.25, -0.2) is 0 Å². The standard InChI is InChI=1S/C9H12N4OS/c10-8(14)7-3-1-2-6(4-7)5-15-9(11)13-12/h1-4H,5,12H2,(H2,10,14)(H2,11,13). The van der Waals surface area contributed by atoms with Crippen LogP contribution in [-0.4, -0.2) is 11.1 Å². The molecule has 0 spiro atoms. The van der Waals surface area contributed by atoms with E-state index in [1.54, 1.807) is 18.2 Å². The minimum atomic E-state index is -0.442. The van der Waals surface area contributed by atoms with Crippen molar-refractivity contribution in [3.8, 4) is 0 Å². The number of nitrogens with zero attached hydrogens (tertiary/aromatic N) is 1. The van der Waals surface area contributed by atoms with Crippen LogP contribution >= 0.6 is 11.8 Å². The summed E-state index contributed by atoms with van der Waals surface area (Å²) in [6.07, 6.45) is 0. The van der Waals surface area contributed by atoms with E-state index in [4.69, 9.17) is 17.3 Å². The number of thioether (sulfide) groups is 1. The second kappa shape index (κ2) is 5.26. The van der Waals surface area contributed by atoms with Crippen LogP contribution in [0.2, 0.25) is 0 Å². The Morgan fingerprint density at radius 2 is 2.13 bits per heavy atom. The van der Waals surface area contributed by atoms with E-state index in [1.165, 1.54) is 11.8 Å². The number of hydrazone groups is 1. The highest BCUT2D eigenvalue weighted by atomic mass is 32.2. The van der Waals surface area contributed by atoms with Gasteiger partial charge in [-0.1, -0.05) is 23.9 Å². The maximum atomic E-state index is 10.9. The fraction of sp³-hybridized carbons (Fsp3) is 0.111. The third-order valence-corrected chi connectivity index (χ3v) is 2.60. The van der Waals surface area contributed by atoms with Crippen LogP contribution in [0.3, 0.4) is 0 Å². The highest BCUT2D eigenvalue weighted by molar-refractivity contribution is 8.13. The predicted molar refractivity (Wildman–Crippen MR) is 62.1 cm³/mol. The van der Waals surface area contributed by atoms with Crippen molar-refractivity contribution in [1.29, 1.82) is 0 Å². The Morgan fingerprint density at radius 3 is 2.73 bits per heavy atom. The second-order valence-corrected chi connectivity index (χ2v) is 3.82. The van der Waals surface area contributed by atoms with Gasteiger partial charge in [-0.3, -0.25) is 4.79 Å². The number of benzene rings is 1. The summed E-state index contributed by atoms with van der Waals surface area (Å²) in [5.41, 5.74) is 12.0. The molecule has 0 aromatic heterocycles. The molecule has 0 saturated heterocycles. The molecule has 0 aliphatic carbocycles. The van der Waals surface area contributed by atoms with Gasteiger partial charge in [-0.15, -0.1) is 0 Å². The average molecular weight is 224 g/mol. The summed E-state index contributed by atoms with van der Waals surface area (Å²) < 4.78 is 0. The number of carbonyl (C=O) groups is 1. The summed E-state index contributed by atoms with van der Waals surface area (Å²) in [6, 6.07) is 7.03. The smallest absolute Gasteiger partial charge is 0.248 e. The SMILES string of the molecule is NN=C(N)SCc1cccc(C(N)=O)c1. The lowest BCUT2D eigenvalue weighted by Crippen LogP contribution is -2.11. The zero-order valence-corrected chi connectivity index (χ0v) is 8.83. The van der Waals surface area contributed by atoms with Crippen molar-refractivity contribution in [3.63, 3.8) is 0 Å². The topological polar surface area (TPSA) is 107 Å². The molecule has 0 aliphatic rings. The highest BCUT2D eigenvalue weighted by Crippen LogP contribution is 2.13. The molecule has 0 aliphatic heterocycles. The minimum Gasteiger partial charge on any atom is -0.377 e. The molecule has 0 atom stereocenters. The maximum absolute atomic E-state index is 10.9. The summed E-state index contributed by atoms with van der Waals surface area (Å²) in [5, 5.41) is 3.63. The number of amides is 1. The molecule has 0 fully saturated rings. The molecule has 6 heteroatoms. The van der Waals surface area contributed by atoms with Crippen molar-refractivity contribution in [2.45, 2.75) is 5.75 Å². The van der Waals surface area contributed by atoms with Crippen LogP contribution in [0.4, 0.5) is 0 Å². The number of carbonyl (C=O) groups excluding carboxylic acids is 1. The molecule has 1 aromatic carbocycles. The molecular formula is C9H12N4OS. The van der Waals surface area contributed by atoms with Crippen LogP contribution in [0.5, 0.6) is 0 Å². The summed E-state index contributed by atoms with van der Waals surface area (Å²) in [4.78, 5) is 10.9. The van der Waals surface area contributed by atoms with E-state index in [2.05, 4.69) is 5.10 Å². The molecule has 15 heavy (non-hydrogen) atoms. The average Bonchev–Trinajstić information content (AvgIpc) is 2.26. The van der Waals surface area contributed by atoms with E-state index >= 15 is 0 Å². The molecule has 1 rings (SSSR count). The maximum Gasteiger partial charge on any atom is 0.248 e. The second-order valence-electron chi connectivity index (χ2n) is 2.82. The first-order valence-electron chi connectivity index (χ1n) is 4.18. The van der Waals surface area contributed by atoms with Gasteiger partial charge in [0.2, 0.25) is 5.91 Å². The van der Waals surface area contributed by atoms with Gasteiger partial charge in [0.1, 0.15) is 0 Å². The molecule has 1 aromatic rings. The van der Waals surface area contributed by atoms with Gasteiger partial charge in [0.05, 0.1) is 0 Å². The normalized spacial score (nSPS) is 11.3. The van der Waals surface area contributed by atoms with Gasteiger partial charge in [-0.05, 0) is 17.7 Å². The van der Waals surface area contributed by atoms with Crippen molar-refractivity contribution in [3.05, 3.63) is 35.4 Å². The number of hydrogen-bond donors (Lipinski definition) is 3. The molecule has 0 radical (unpaired) electrons. The first-order chi connectivity index (χ1) is 7.13. The Kier molecular flexibility index (Phi) is 3.99. The largest absolute Gasteiger partial charge is 0.377 e. The fourth-order valence-electron chi connectivity index (χ4n) is 1.01. The monoisotopic (exact) mass is 224 g/mol. The lowest BCUT2D eigenvalue weighted by Gasteiger charge is -2.02. The molecule has 0 saturated carbocycles. The van der Waals surface area contributed by atoms with Gasteiger partial charge >= 0.3 is 0 Å². The third-order valence-electron chi connectivity index (χ3n) is 1.73. The van der Waals surface area contributed by atoms with Crippen LogP contribution in [0.1, 0.15) is 15.9 Å². The molecule has 5 nitrogen and oxygen atoms in total. The lowest BCUT2D eigenvalue weighted by molar-refractivity contribution is 0.1000. The summed E-state index contributed by atoms with van der Waals surface area (Å²) >= 11 is 1.30. The number of nitrogens with two attached hydrogens (primary N) is 3. The molecule has 80 valence electrons. The van der Waals surface area contributed by atoms with E-state index in [0.29, 0.717) is 16.5 Å². The van der Waals surface area contributed by atoms with E-state index in [1.807, 2.05) is 6.07 Å². The zero-order chi connectivity index (χ0) is 11.3. The van der Waals surface area contributed by atoms with Crippen LogP contribution in [0, 0.1) is 0 Å². The number of rotatable bonds is 3. The van der Waals surface area contributed by atoms with E-state index < -0.39 is 5.91 Å². The Hall–Kier alpha value is -1.69. The first-order valence-corrected chi connectivity index (χ1v) is 5.17. The van der Waals surface area contributed by atoms with Crippen LogP contribution in [-0.2, 0) is 5.75 Å². The molecule has 0 heterocycles. The van der Waals surface area contributed by atoms with Gasteiger partial charge < -0.3 is 17.3 Å². The van der Waals surface area contributed by atoms with Crippen LogP contribution in [0.15, 0.2) is 29.4 Å².